The molecule has 0 spiro atoms. The molecule has 2 saturated heterocycles. The van der Waals surface area contributed by atoms with E-state index in [9.17, 15) is 4.79 Å². The molecule has 132 valence electrons. The van der Waals surface area contributed by atoms with Crippen LogP contribution in [-0.4, -0.2) is 36.9 Å². The van der Waals surface area contributed by atoms with Crippen LogP contribution in [-0.2, 0) is 11.3 Å². The van der Waals surface area contributed by atoms with Crippen molar-refractivity contribution in [2.75, 3.05) is 26.3 Å². The summed E-state index contributed by atoms with van der Waals surface area (Å²) in [6.07, 6.45) is 3.64. The van der Waals surface area contributed by atoms with Gasteiger partial charge >= 0.3 is 0 Å². The van der Waals surface area contributed by atoms with Crippen molar-refractivity contribution in [2.24, 2.45) is 5.92 Å². The van der Waals surface area contributed by atoms with Gasteiger partial charge in [-0.05, 0) is 30.0 Å². The van der Waals surface area contributed by atoms with E-state index < -0.39 is 0 Å². The first kappa shape index (κ1) is 15.8. The Bertz CT molecular complexity index is 808. The molecule has 0 aromatic carbocycles. The molecule has 25 heavy (non-hydrogen) atoms. The smallest absolute Gasteiger partial charge is 0.259 e. The minimum Gasteiger partial charge on any atom is -0.381 e. The van der Waals surface area contributed by atoms with Gasteiger partial charge in [0.05, 0.1) is 37.9 Å². The highest BCUT2D eigenvalue weighted by Crippen LogP contribution is 2.32. The van der Waals surface area contributed by atoms with E-state index in [0.29, 0.717) is 11.8 Å². The second-order valence-corrected chi connectivity index (χ2v) is 8.76. The Balaban J connectivity index is 1.46. The summed E-state index contributed by atoms with van der Waals surface area (Å²) in [5.74, 6) is 1.18. The maximum atomic E-state index is 13.1. The molecule has 0 saturated carbocycles. The molecular formula is C20H25N2O2S+. The van der Waals surface area contributed by atoms with Crippen molar-refractivity contribution in [2.45, 2.75) is 37.8 Å². The predicted molar refractivity (Wildman–Crippen MR) is 99.4 cm³/mol. The summed E-state index contributed by atoms with van der Waals surface area (Å²) in [6, 6.07) is 9.11. The number of fused-ring (bicyclic) bond motifs is 4. The Morgan fingerprint density at radius 1 is 1.16 bits per heavy atom. The largest absolute Gasteiger partial charge is 0.381 e. The normalized spacial score (nSPS) is 29.4. The number of thiophene rings is 1. The zero-order valence-corrected chi connectivity index (χ0v) is 15.3. The Kier molecular flexibility index (Phi) is 4.03. The average molecular weight is 357 g/mol. The Hall–Kier alpha value is -1.43. The Morgan fingerprint density at radius 2 is 2.04 bits per heavy atom. The fraction of sp³-hybridized carbons (Fsp3) is 0.550. The van der Waals surface area contributed by atoms with Gasteiger partial charge in [0.15, 0.2) is 0 Å². The monoisotopic (exact) mass is 357 g/mol. The molecule has 3 atom stereocenters. The van der Waals surface area contributed by atoms with Crippen molar-refractivity contribution in [1.29, 1.82) is 0 Å². The van der Waals surface area contributed by atoms with Crippen molar-refractivity contribution >= 4 is 11.3 Å². The van der Waals surface area contributed by atoms with Crippen molar-refractivity contribution in [3.05, 3.63) is 45.7 Å². The number of ether oxygens (including phenoxy) is 1. The molecule has 1 unspecified atom stereocenters. The van der Waals surface area contributed by atoms with Gasteiger partial charge in [-0.3, -0.25) is 4.79 Å². The molecule has 5 rings (SSSR count). The highest BCUT2D eigenvalue weighted by Gasteiger charge is 2.40. The molecule has 3 aliphatic heterocycles. The number of pyridine rings is 1. The van der Waals surface area contributed by atoms with Crippen LogP contribution in [0.3, 0.4) is 0 Å². The number of piperidine rings is 1. The summed E-state index contributed by atoms with van der Waals surface area (Å²) in [5, 5.41) is 2.04. The second kappa shape index (κ2) is 6.38. The van der Waals surface area contributed by atoms with Gasteiger partial charge in [-0.2, -0.15) is 0 Å². The first-order valence-corrected chi connectivity index (χ1v) is 10.4. The summed E-state index contributed by atoms with van der Waals surface area (Å²) >= 11 is 1.65. The molecule has 0 aliphatic carbocycles. The minimum absolute atomic E-state index is 0.212. The number of quaternary nitrogens is 1. The third-order valence-corrected chi connectivity index (χ3v) is 7.23. The Labute approximate surface area is 152 Å². The first-order valence-electron chi connectivity index (χ1n) is 9.49. The number of hydrogen-bond acceptors (Lipinski definition) is 3. The molecule has 2 bridgehead atoms. The van der Waals surface area contributed by atoms with Crippen LogP contribution in [0.2, 0.25) is 0 Å². The van der Waals surface area contributed by atoms with Crippen molar-refractivity contribution in [1.82, 2.24) is 4.57 Å². The van der Waals surface area contributed by atoms with E-state index in [1.54, 1.807) is 16.2 Å². The molecule has 2 aromatic heterocycles. The third-order valence-electron chi connectivity index (χ3n) is 6.33. The zero-order chi connectivity index (χ0) is 16.8. The summed E-state index contributed by atoms with van der Waals surface area (Å²) in [5.41, 5.74) is 2.35. The first-order chi connectivity index (χ1) is 12.3. The van der Waals surface area contributed by atoms with Crippen LogP contribution in [0, 0.1) is 5.92 Å². The zero-order valence-electron chi connectivity index (χ0n) is 14.4. The summed E-state index contributed by atoms with van der Waals surface area (Å²) in [7, 11) is 0. The van der Waals surface area contributed by atoms with Gasteiger partial charge in [0.25, 0.3) is 5.56 Å². The fourth-order valence-electron chi connectivity index (χ4n) is 5.16. The minimum atomic E-state index is 0.212. The third kappa shape index (κ3) is 2.78. The molecule has 2 aromatic rings. The fourth-order valence-corrected chi connectivity index (χ4v) is 5.90. The van der Waals surface area contributed by atoms with Crippen LogP contribution in [0.15, 0.2) is 34.4 Å². The van der Waals surface area contributed by atoms with Crippen LogP contribution in [0.25, 0.3) is 10.4 Å². The van der Waals surface area contributed by atoms with E-state index in [1.807, 2.05) is 11.4 Å². The number of hydrogen-bond donors (Lipinski definition) is 1. The molecule has 2 fully saturated rings. The highest BCUT2D eigenvalue weighted by atomic mass is 32.1. The summed E-state index contributed by atoms with van der Waals surface area (Å²) in [6.45, 7) is 5.14. The number of rotatable bonds is 2. The maximum Gasteiger partial charge on any atom is 0.259 e. The molecule has 1 N–H and O–H groups in total. The standard InChI is InChI=1S/C20H24N2O2S/c23-20-17(19-2-1-9-25-19)3-4-18-15-10-14(12-22(18)20)11-21(13-15)16-5-7-24-8-6-16/h1-4,9,14-16H,5-8,10-13H2/p+1/t14-,15+/m0/s1. The molecule has 5 heteroatoms. The number of nitrogens with zero attached hydrogens (tertiary/aromatic N) is 1. The average Bonchev–Trinajstić information content (AvgIpc) is 3.18. The van der Waals surface area contributed by atoms with Gasteiger partial charge < -0.3 is 14.2 Å². The quantitative estimate of drug-likeness (QED) is 0.889. The van der Waals surface area contributed by atoms with Crippen LogP contribution in [0.1, 0.15) is 30.9 Å². The van der Waals surface area contributed by atoms with E-state index in [0.717, 1.165) is 36.2 Å². The van der Waals surface area contributed by atoms with Gasteiger partial charge in [-0.15, -0.1) is 11.3 Å². The van der Waals surface area contributed by atoms with Crippen LogP contribution in [0.4, 0.5) is 0 Å². The second-order valence-electron chi connectivity index (χ2n) is 7.82. The Morgan fingerprint density at radius 3 is 2.84 bits per heavy atom. The highest BCUT2D eigenvalue weighted by molar-refractivity contribution is 7.13. The molecular weight excluding hydrogens is 332 g/mol. The molecule has 4 nitrogen and oxygen atoms in total. The van der Waals surface area contributed by atoms with Crippen molar-refractivity contribution in [3.8, 4) is 10.4 Å². The van der Waals surface area contributed by atoms with Gasteiger partial charge in [-0.1, -0.05) is 6.07 Å². The lowest BCUT2D eigenvalue weighted by molar-refractivity contribution is -0.937. The van der Waals surface area contributed by atoms with Gasteiger partial charge in [-0.25, -0.2) is 0 Å². The SMILES string of the molecule is O=c1c(-c2cccs2)ccc2n1C[C@H]1C[C@@H]2C[NH+](C2CCOCC2)C1. The van der Waals surface area contributed by atoms with Gasteiger partial charge in [0.1, 0.15) is 0 Å². The van der Waals surface area contributed by atoms with Gasteiger partial charge in [0.2, 0.25) is 0 Å². The number of nitrogens with one attached hydrogen (secondary N) is 1. The number of likely N-dealkylation sites (tertiary alicyclic amines) is 1. The summed E-state index contributed by atoms with van der Waals surface area (Å²) in [4.78, 5) is 15.9. The number of aromatic nitrogens is 1. The topological polar surface area (TPSA) is 35.7 Å². The predicted octanol–water partition coefficient (Wildman–Crippen LogP) is 1.76. The van der Waals surface area contributed by atoms with E-state index >= 15 is 0 Å². The lowest BCUT2D eigenvalue weighted by atomic mass is 9.82. The van der Waals surface area contributed by atoms with E-state index in [2.05, 4.69) is 22.8 Å². The van der Waals surface area contributed by atoms with Crippen LogP contribution >= 0.6 is 11.3 Å². The van der Waals surface area contributed by atoms with Crippen LogP contribution < -0.4 is 10.5 Å². The molecule has 0 radical (unpaired) electrons. The van der Waals surface area contributed by atoms with Crippen molar-refractivity contribution < 1.29 is 9.64 Å². The lowest BCUT2D eigenvalue weighted by Crippen LogP contribution is -3.18. The van der Waals surface area contributed by atoms with E-state index in [-0.39, 0.29) is 5.56 Å². The van der Waals surface area contributed by atoms with Gasteiger partial charge in [0, 0.05) is 41.8 Å². The van der Waals surface area contributed by atoms with E-state index in [4.69, 9.17) is 4.74 Å². The van der Waals surface area contributed by atoms with Crippen LogP contribution in [0.5, 0.6) is 0 Å². The molecule has 5 heterocycles. The summed E-state index contributed by atoms with van der Waals surface area (Å²) < 4.78 is 7.64. The van der Waals surface area contributed by atoms with E-state index in [1.165, 1.54) is 38.0 Å². The van der Waals surface area contributed by atoms with Crippen molar-refractivity contribution in [3.63, 3.8) is 0 Å². The molecule has 3 aliphatic rings. The maximum absolute atomic E-state index is 13.1. The lowest BCUT2D eigenvalue weighted by Gasteiger charge is -2.44. The molecule has 0 amide bonds.